The van der Waals surface area contributed by atoms with E-state index in [9.17, 15) is 13.2 Å². The van der Waals surface area contributed by atoms with Crippen LogP contribution in [0.25, 0.3) is 0 Å². The Morgan fingerprint density at radius 1 is 1.28 bits per heavy atom. The van der Waals surface area contributed by atoms with Crippen LogP contribution in [0.1, 0.15) is 18.9 Å². The van der Waals surface area contributed by atoms with Crippen molar-refractivity contribution < 1.29 is 22.6 Å². The summed E-state index contributed by atoms with van der Waals surface area (Å²) in [5.41, 5.74) is 5.85. The highest BCUT2D eigenvalue weighted by Crippen LogP contribution is 2.28. The van der Waals surface area contributed by atoms with Crippen LogP contribution in [0.2, 0.25) is 0 Å². The maximum Gasteiger partial charge on any atom is 0.573 e. The fourth-order valence-corrected chi connectivity index (χ4v) is 1.51. The summed E-state index contributed by atoms with van der Waals surface area (Å²) in [6.45, 7) is 2.16. The molecule has 0 saturated carbocycles. The minimum atomic E-state index is -4.70. The molecule has 0 aromatic heterocycles. The summed E-state index contributed by atoms with van der Waals surface area (Å²) >= 11 is 0. The fourth-order valence-electron chi connectivity index (χ4n) is 1.51. The minimum absolute atomic E-state index is 0.269. The lowest BCUT2D eigenvalue weighted by molar-refractivity contribution is -0.274. The molecule has 0 radical (unpaired) electrons. The predicted octanol–water partition coefficient (Wildman–Crippen LogP) is 2.80. The quantitative estimate of drug-likeness (QED) is 0.888. The molecule has 1 aromatic carbocycles. The van der Waals surface area contributed by atoms with Gasteiger partial charge in [-0.2, -0.15) is 0 Å². The van der Waals surface area contributed by atoms with E-state index in [2.05, 4.69) is 4.74 Å². The molecule has 0 saturated heterocycles. The van der Waals surface area contributed by atoms with Crippen LogP contribution in [-0.2, 0) is 10.3 Å². The molecule has 0 fully saturated rings. The van der Waals surface area contributed by atoms with Gasteiger partial charge in [0.1, 0.15) is 5.75 Å². The lowest BCUT2D eigenvalue weighted by Crippen LogP contribution is -2.34. The van der Waals surface area contributed by atoms with E-state index in [4.69, 9.17) is 10.5 Å². The van der Waals surface area contributed by atoms with Crippen molar-refractivity contribution in [3.8, 4) is 5.75 Å². The van der Waals surface area contributed by atoms with Crippen molar-refractivity contribution in [3.63, 3.8) is 0 Å². The number of nitrogens with two attached hydrogens (primary N) is 1. The Morgan fingerprint density at radius 2 is 1.94 bits per heavy atom. The first-order chi connectivity index (χ1) is 8.24. The molecule has 102 valence electrons. The molecule has 1 unspecified atom stereocenters. The van der Waals surface area contributed by atoms with Gasteiger partial charge < -0.3 is 15.2 Å². The van der Waals surface area contributed by atoms with Crippen molar-refractivity contribution in [2.24, 2.45) is 5.73 Å². The highest BCUT2D eigenvalue weighted by atomic mass is 19.4. The van der Waals surface area contributed by atoms with E-state index >= 15 is 0 Å². The van der Waals surface area contributed by atoms with Crippen molar-refractivity contribution in [2.75, 3.05) is 13.7 Å². The fraction of sp³-hybridized carbons (Fsp3) is 0.500. The van der Waals surface area contributed by atoms with Gasteiger partial charge in [-0.05, 0) is 31.0 Å². The Hall–Kier alpha value is -1.27. The first-order valence-corrected chi connectivity index (χ1v) is 5.39. The van der Waals surface area contributed by atoms with E-state index in [1.807, 2.05) is 0 Å². The zero-order valence-electron chi connectivity index (χ0n) is 10.3. The Bertz CT molecular complexity index is 391. The van der Waals surface area contributed by atoms with Crippen LogP contribution >= 0.6 is 0 Å². The van der Waals surface area contributed by atoms with Crippen LogP contribution in [0.3, 0.4) is 0 Å². The summed E-state index contributed by atoms with van der Waals surface area (Å²) in [7, 11) is 1.54. The number of benzene rings is 1. The second-order valence-electron chi connectivity index (χ2n) is 4.24. The first kappa shape index (κ1) is 14.8. The number of rotatable bonds is 5. The van der Waals surface area contributed by atoms with Gasteiger partial charge in [-0.25, -0.2) is 0 Å². The van der Waals surface area contributed by atoms with E-state index in [1.165, 1.54) is 18.2 Å². The van der Waals surface area contributed by atoms with E-state index in [0.29, 0.717) is 18.6 Å². The lowest BCUT2D eigenvalue weighted by atomic mass is 9.90. The molecule has 0 spiro atoms. The van der Waals surface area contributed by atoms with Crippen LogP contribution in [0.5, 0.6) is 5.75 Å². The molecule has 0 bridgehead atoms. The zero-order valence-corrected chi connectivity index (χ0v) is 10.3. The molecule has 1 rings (SSSR count). The van der Waals surface area contributed by atoms with Crippen molar-refractivity contribution in [1.29, 1.82) is 0 Å². The summed E-state index contributed by atoms with van der Waals surface area (Å²) in [5, 5.41) is 0. The molecular weight excluding hydrogens is 247 g/mol. The standard InChI is InChI=1S/C12H16F3NO2/c1-11(16,6-7-17-2)9-4-3-5-10(8-9)18-12(13,14)15/h3-5,8H,6-7,16H2,1-2H3. The topological polar surface area (TPSA) is 44.5 Å². The maximum atomic E-state index is 12.1. The first-order valence-electron chi connectivity index (χ1n) is 5.39. The normalized spacial score (nSPS) is 15.2. The van der Waals surface area contributed by atoms with Gasteiger partial charge in [0.15, 0.2) is 0 Å². The van der Waals surface area contributed by atoms with Crippen LogP contribution in [0, 0.1) is 0 Å². The summed E-state index contributed by atoms with van der Waals surface area (Å²) < 4.78 is 45.1. The number of methoxy groups -OCH3 is 1. The molecule has 0 aliphatic rings. The van der Waals surface area contributed by atoms with Gasteiger partial charge in [0, 0.05) is 19.3 Å². The molecule has 0 aliphatic carbocycles. The number of alkyl halides is 3. The summed E-state index contributed by atoms with van der Waals surface area (Å²) in [4.78, 5) is 0. The van der Waals surface area contributed by atoms with Crippen molar-refractivity contribution >= 4 is 0 Å². The molecule has 6 heteroatoms. The van der Waals surface area contributed by atoms with E-state index < -0.39 is 11.9 Å². The summed E-state index contributed by atoms with van der Waals surface area (Å²) in [6.07, 6.45) is -4.20. The van der Waals surface area contributed by atoms with Crippen LogP contribution in [0.15, 0.2) is 24.3 Å². The third-order valence-electron chi connectivity index (χ3n) is 2.55. The summed E-state index contributed by atoms with van der Waals surface area (Å²) in [6, 6.07) is 5.68. The number of halogens is 3. The Labute approximate surface area is 104 Å². The molecule has 0 aliphatic heterocycles. The van der Waals surface area contributed by atoms with Crippen molar-refractivity contribution in [3.05, 3.63) is 29.8 Å². The van der Waals surface area contributed by atoms with Gasteiger partial charge in [-0.15, -0.1) is 13.2 Å². The Morgan fingerprint density at radius 3 is 2.50 bits per heavy atom. The molecule has 1 aromatic rings. The number of hydrogen-bond donors (Lipinski definition) is 1. The number of hydrogen-bond acceptors (Lipinski definition) is 3. The third kappa shape index (κ3) is 4.54. The van der Waals surface area contributed by atoms with Gasteiger partial charge in [-0.3, -0.25) is 0 Å². The van der Waals surface area contributed by atoms with E-state index in [0.717, 1.165) is 0 Å². The number of ether oxygens (including phenoxy) is 2. The van der Waals surface area contributed by atoms with Crippen molar-refractivity contribution in [2.45, 2.75) is 25.2 Å². The molecule has 2 N–H and O–H groups in total. The smallest absolute Gasteiger partial charge is 0.406 e. The maximum absolute atomic E-state index is 12.1. The average Bonchev–Trinajstić information content (AvgIpc) is 2.24. The largest absolute Gasteiger partial charge is 0.573 e. The molecule has 18 heavy (non-hydrogen) atoms. The van der Waals surface area contributed by atoms with Crippen LogP contribution < -0.4 is 10.5 Å². The monoisotopic (exact) mass is 263 g/mol. The third-order valence-corrected chi connectivity index (χ3v) is 2.55. The average molecular weight is 263 g/mol. The Balaban J connectivity index is 2.87. The van der Waals surface area contributed by atoms with Crippen LogP contribution in [-0.4, -0.2) is 20.1 Å². The lowest BCUT2D eigenvalue weighted by Gasteiger charge is -2.25. The Kier molecular flexibility index (Phi) is 4.59. The molecule has 0 amide bonds. The van der Waals surface area contributed by atoms with E-state index in [-0.39, 0.29) is 5.75 Å². The second-order valence-corrected chi connectivity index (χ2v) is 4.24. The summed E-state index contributed by atoms with van der Waals surface area (Å²) in [5.74, 6) is -0.269. The predicted molar refractivity (Wildman–Crippen MR) is 61.2 cm³/mol. The van der Waals surface area contributed by atoms with Gasteiger partial charge in [0.2, 0.25) is 0 Å². The van der Waals surface area contributed by atoms with Gasteiger partial charge in [0.05, 0.1) is 0 Å². The minimum Gasteiger partial charge on any atom is -0.406 e. The molecule has 1 atom stereocenters. The van der Waals surface area contributed by atoms with Gasteiger partial charge in [-0.1, -0.05) is 12.1 Å². The molecule has 3 nitrogen and oxygen atoms in total. The molecule has 0 heterocycles. The molecular formula is C12H16F3NO2. The zero-order chi connectivity index (χ0) is 13.8. The van der Waals surface area contributed by atoms with Crippen LogP contribution in [0.4, 0.5) is 13.2 Å². The van der Waals surface area contributed by atoms with Crippen molar-refractivity contribution in [1.82, 2.24) is 0 Å². The van der Waals surface area contributed by atoms with Gasteiger partial charge >= 0.3 is 6.36 Å². The van der Waals surface area contributed by atoms with Gasteiger partial charge in [0.25, 0.3) is 0 Å². The highest BCUT2D eigenvalue weighted by Gasteiger charge is 2.31. The SMILES string of the molecule is COCCC(C)(N)c1cccc(OC(F)(F)F)c1. The highest BCUT2D eigenvalue weighted by molar-refractivity contribution is 5.33. The van der Waals surface area contributed by atoms with E-state index in [1.54, 1.807) is 20.1 Å². The second kappa shape index (κ2) is 5.58.